The molecule has 0 unspecified atom stereocenters. The van der Waals surface area contributed by atoms with Crippen LogP contribution in [0.4, 0.5) is 13.2 Å². The van der Waals surface area contributed by atoms with Gasteiger partial charge in [0.1, 0.15) is 11.8 Å². The van der Waals surface area contributed by atoms with Gasteiger partial charge in [-0.25, -0.2) is 14.5 Å². The maximum atomic E-state index is 13.0. The van der Waals surface area contributed by atoms with Crippen molar-refractivity contribution in [3.8, 4) is 11.9 Å². The lowest BCUT2D eigenvalue weighted by atomic mass is 10.1. The zero-order valence-electron chi connectivity index (χ0n) is 18.1. The Morgan fingerprint density at radius 3 is 2.71 bits per heavy atom. The van der Waals surface area contributed by atoms with E-state index in [0.717, 1.165) is 25.1 Å². The molecule has 1 fully saturated rings. The third-order valence-corrected chi connectivity index (χ3v) is 5.56. The fraction of sp³-hybridized carbons (Fsp3) is 0.333. The molecule has 2 N–H and O–H groups in total. The number of halogens is 3. The molecular formula is C21H19F3N8O3. The van der Waals surface area contributed by atoms with Gasteiger partial charge in [-0.05, 0) is 18.6 Å². The van der Waals surface area contributed by atoms with Crippen LogP contribution in [0.2, 0.25) is 0 Å². The van der Waals surface area contributed by atoms with Gasteiger partial charge >= 0.3 is 12.1 Å². The summed E-state index contributed by atoms with van der Waals surface area (Å²) in [5.41, 5.74) is 1.86. The molecule has 0 spiro atoms. The summed E-state index contributed by atoms with van der Waals surface area (Å²) in [6, 6.07) is 8.14. The van der Waals surface area contributed by atoms with E-state index >= 15 is 0 Å². The van der Waals surface area contributed by atoms with Crippen LogP contribution < -0.4 is 5.32 Å². The molecule has 3 aromatic heterocycles. The topological polar surface area (TPSA) is 142 Å². The fourth-order valence-corrected chi connectivity index (χ4v) is 3.92. The molecule has 3 aromatic rings. The number of hydrogen-bond donors (Lipinski definition) is 2. The maximum absolute atomic E-state index is 13.0. The van der Waals surface area contributed by atoms with Crippen molar-refractivity contribution in [2.45, 2.75) is 37.8 Å². The number of pyridine rings is 1. The van der Waals surface area contributed by atoms with Crippen LogP contribution in [0.1, 0.15) is 28.0 Å². The number of aliphatic carboxylic acids is 1. The molecule has 14 heteroatoms. The molecule has 1 saturated heterocycles. The molecule has 11 nitrogen and oxygen atoms in total. The number of carboxylic acid groups (broad SMARTS) is 1. The van der Waals surface area contributed by atoms with E-state index in [1.54, 1.807) is 12.4 Å². The van der Waals surface area contributed by atoms with Crippen molar-refractivity contribution >= 4 is 11.9 Å². The summed E-state index contributed by atoms with van der Waals surface area (Å²) in [4.78, 5) is 28.3. The van der Waals surface area contributed by atoms with Crippen molar-refractivity contribution in [1.82, 2.24) is 34.8 Å². The van der Waals surface area contributed by atoms with E-state index in [1.807, 2.05) is 40.0 Å². The monoisotopic (exact) mass is 488 g/mol. The minimum absolute atomic E-state index is 0.0453. The van der Waals surface area contributed by atoms with Crippen LogP contribution in [0.3, 0.4) is 0 Å². The molecule has 2 aliphatic heterocycles. The number of nitrogens with zero attached hydrogens (tertiary/aromatic N) is 7. The van der Waals surface area contributed by atoms with Crippen molar-refractivity contribution < 1.29 is 27.9 Å². The van der Waals surface area contributed by atoms with Crippen molar-refractivity contribution in [3.05, 3.63) is 59.8 Å². The minimum Gasteiger partial charge on any atom is -0.475 e. The van der Waals surface area contributed by atoms with Gasteiger partial charge in [0.2, 0.25) is 0 Å². The van der Waals surface area contributed by atoms with E-state index in [4.69, 9.17) is 15.2 Å². The Kier molecular flexibility index (Phi) is 6.52. The predicted octanol–water partition coefficient (Wildman–Crippen LogP) is 1.36. The number of amides is 1. The summed E-state index contributed by atoms with van der Waals surface area (Å²) in [6.07, 6.45) is 2.61. The smallest absolute Gasteiger partial charge is 0.475 e. The Bertz CT molecular complexity index is 1270. The first-order valence-corrected chi connectivity index (χ1v) is 10.4. The molecule has 2 aliphatic rings. The predicted molar refractivity (Wildman–Crippen MR) is 112 cm³/mol. The molecule has 5 heterocycles. The second kappa shape index (κ2) is 9.55. The van der Waals surface area contributed by atoms with Gasteiger partial charge in [-0.1, -0.05) is 6.07 Å². The van der Waals surface area contributed by atoms with Gasteiger partial charge in [0.25, 0.3) is 5.91 Å². The number of aromatic nitrogens is 5. The van der Waals surface area contributed by atoms with Crippen LogP contribution >= 0.6 is 0 Å². The average molecular weight is 488 g/mol. The molecule has 0 aromatic carbocycles. The summed E-state index contributed by atoms with van der Waals surface area (Å²) in [5.74, 6) is -2.26. The van der Waals surface area contributed by atoms with Crippen molar-refractivity contribution in [3.63, 3.8) is 0 Å². The minimum atomic E-state index is -5.08. The molecular weight excluding hydrogens is 469 g/mol. The lowest BCUT2D eigenvalue weighted by molar-refractivity contribution is -0.192. The molecule has 182 valence electrons. The number of hydrogen-bond acceptors (Lipinski definition) is 7. The first kappa shape index (κ1) is 23.9. The summed E-state index contributed by atoms with van der Waals surface area (Å²) < 4.78 is 35.2. The molecule has 0 radical (unpaired) electrons. The quantitative estimate of drug-likeness (QED) is 0.561. The lowest BCUT2D eigenvalue weighted by Gasteiger charge is -2.22. The van der Waals surface area contributed by atoms with Gasteiger partial charge in [0.05, 0.1) is 24.5 Å². The zero-order valence-corrected chi connectivity index (χ0v) is 18.1. The number of rotatable bonds is 4. The molecule has 2 atom stereocenters. The molecule has 0 saturated carbocycles. The van der Waals surface area contributed by atoms with Gasteiger partial charge in [-0.2, -0.15) is 28.6 Å². The second-order valence-corrected chi connectivity index (χ2v) is 7.92. The van der Waals surface area contributed by atoms with Gasteiger partial charge in [-0.15, -0.1) is 0 Å². The third-order valence-electron chi connectivity index (χ3n) is 5.56. The number of fused-ring (bicyclic) bond motifs is 1. The highest BCUT2D eigenvalue weighted by atomic mass is 19.4. The fourth-order valence-electron chi connectivity index (χ4n) is 3.92. The van der Waals surface area contributed by atoms with Gasteiger partial charge in [0.15, 0.2) is 5.82 Å². The first-order valence-electron chi connectivity index (χ1n) is 10.4. The van der Waals surface area contributed by atoms with Crippen LogP contribution in [-0.2, 0) is 17.9 Å². The molecule has 35 heavy (non-hydrogen) atoms. The van der Waals surface area contributed by atoms with E-state index in [-0.39, 0.29) is 11.9 Å². The van der Waals surface area contributed by atoms with E-state index in [2.05, 4.69) is 20.5 Å². The van der Waals surface area contributed by atoms with Crippen molar-refractivity contribution in [1.29, 1.82) is 5.26 Å². The highest BCUT2D eigenvalue weighted by molar-refractivity contribution is 5.96. The summed E-state index contributed by atoms with van der Waals surface area (Å²) in [5, 5.41) is 28.0. The average Bonchev–Trinajstić information content (AvgIpc) is 3.61. The number of nitriles is 1. The number of carbonyl (C=O) groups excluding carboxylic acids is 1. The number of alkyl halides is 3. The lowest BCUT2D eigenvalue weighted by Crippen LogP contribution is -2.37. The molecule has 1 amide bonds. The molecule has 0 aliphatic carbocycles. The van der Waals surface area contributed by atoms with E-state index in [1.165, 1.54) is 10.9 Å². The van der Waals surface area contributed by atoms with Crippen LogP contribution in [0.25, 0.3) is 5.82 Å². The highest BCUT2D eigenvalue weighted by Gasteiger charge is 2.39. The Morgan fingerprint density at radius 1 is 1.31 bits per heavy atom. The number of carbonyl (C=O) groups is 2. The second-order valence-electron chi connectivity index (χ2n) is 7.92. The first-order chi connectivity index (χ1) is 16.7. The summed E-state index contributed by atoms with van der Waals surface area (Å²) in [7, 11) is 0. The normalized spacial score (nSPS) is 19.1. The van der Waals surface area contributed by atoms with Crippen LogP contribution in [0, 0.1) is 11.3 Å². The largest absolute Gasteiger partial charge is 0.490 e. The van der Waals surface area contributed by atoms with Crippen LogP contribution in [0.5, 0.6) is 0 Å². The Morgan fingerprint density at radius 2 is 2.09 bits per heavy atom. The Labute approximate surface area is 196 Å². The summed E-state index contributed by atoms with van der Waals surface area (Å²) >= 11 is 0. The van der Waals surface area contributed by atoms with Gasteiger partial charge in [-0.3, -0.25) is 9.48 Å². The van der Waals surface area contributed by atoms with Crippen molar-refractivity contribution in [2.75, 3.05) is 6.54 Å². The Hall–Kier alpha value is -4.25. The Balaban J connectivity index is 0.000000364. The standard InChI is InChI=1S/C19H18N8O.C2HF3O2/c20-7-13-8-23-27(10-13)17-3-2-14-11-26(19(28)18(14)24-17)16-6-15(21-9-16)12-25-5-1-4-22-25;3-2(4,5)1(6)7/h1-5,8,10,15-16,21H,6,9,11-12H2;(H,6,7)/t15-,16+;/m0./s1. The van der Waals surface area contributed by atoms with Crippen LogP contribution in [-0.4, -0.2) is 71.2 Å². The van der Waals surface area contributed by atoms with E-state index in [0.29, 0.717) is 29.7 Å². The highest BCUT2D eigenvalue weighted by Crippen LogP contribution is 2.27. The van der Waals surface area contributed by atoms with Gasteiger partial charge < -0.3 is 15.3 Å². The maximum Gasteiger partial charge on any atom is 0.490 e. The zero-order chi connectivity index (χ0) is 25.2. The van der Waals surface area contributed by atoms with E-state index in [9.17, 15) is 18.0 Å². The SMILES string of the molecule is N#Cc1cnn(-c2ccc3c(n2)C(=O)N([C@H]2CN[C@H](Cn4cccn4)C2)C3)c1.O=C(O)C(F)(F)F. The molecule has 0 bridgehead atoms. The summed E-state index contributed by atoms with van der Waals surface area (Å²) in [6.45, 7) is 2.13. The molecule has 5 rings (SSSR count). The number of nitrogens with one attached hydrogen (secondary N) is 1. The van der Waals surface area contributed by atoms with Crippen molar-refractivity contribution in [2.24, 2.45) is 0 Å². The van der Waals surface area contributed by atoms with Gasteiger partial charge in [0, 0.05) is 43.1 Å². The third kappa shape index (κ3) is 5.30. The van der Waals surface area contributed by atoms with Crippen LogP contribution in [0.15, 0.2) is 43.0 Å². The number of carboxylic acids is 1. The van der Waals surface area contributed by atoms with E-state index < -0.39 is 12.1 Å².